The predicted molar refractivity (Wildman–Crippen MR) is 174 cm³/mol. The molecule has 2 aromatic carbocycles. The van der Waals surface area contributed by atoms with E-state index in [1.54, 1.807) is 36.4 Å². The Hall–Kier alpha value is -2.52. The van der Waals surface area contributed by atoms with Gasteiger partial charge in [0.15, 0.2) is 18.9 Å². The normalized spacial score (nSPS) is 36.0. The lowest BCUT2D eigenvalue weighted by molar-refractivity contribution is -0.319. The Morgan fingerprint density at radius 2 is 1.31 bits per heavy atom. The zero-order valence-electron chi connectivity index (χ0n) is 28.1. The van der Waals surface area contributed by atoms with Gasteiger partial charge in [-0.05, 0) is 67.5 Å². The van der Waals surface area contributed by atoms with Gasteiger partial charge >= 0.3 is 0 Å². The Balaban J connectivity index is 1.18. The molecule has 0 aromatic heterocycles. The van der Waals surface area contributed by atoms with Crippen LogP contribution in [0.2, 0.25) is 0 Å². The molecule has 3 fully saturated rings. The fourth-order valence-electron chi connectivity index (χ4n) is 6.37. The van der Waals surface area contributed by atoms with E-state index in [0.29, 0.717) is 19.3 Å². The Kier molecular flexibility index (Phi) is 13.6. The molecule has 16 heteroatoms. The van der Waals surface area contributed by atoms with Crippen LogP contribution in [0, 0.1) is 0 Å². The minimum atomic E-state index is -2.00. The molecule has 3 aliphatic rings. The van der Waals surface area contributed by atoms with Crippen LogP contribution in [0.1, 0.15) is 36.8 Å². The summed E-state index contributed by atoms with van der Waals surface area (Å²) in [6.07, 6.45) is -10.3. The largest absolute Gasteiger partial charge is 0.508 e. The van der Waals surface area contributed by atoms with Gasteiger partial charge < -0.3 is 79.5 Å². The number of hydrogen-bond acceptors (Lipinski definition) is 16. The monoisotopic (exact) mass is 726 g/mol. The van der Waals surface area contributed by atoms with E-state index in [-0.39, 0.29) is 11.5 Å². The number of rotatable bonds is 17. The number of unbranched alkanes of at least 4 members (excludes halogenated alkanes) is 1. The van der Waals surface area contributed by atoms with Crippen LogP contribution < -0.4 is 0 Å². The number of hydrogen-bond donors (Lipinski definition) is 10. The number of phenols is 2. The lowest BCUT2D eigenvalue weighted by atomic mass is 9.97. The minimum Gasteiger partial charge on any atom is -0.508 e. The third-order valence-electron chi connectivity index (χ3n) is 9.78. The second-order valence-electron chi connectivity index (χ2n) is 13.6. The molecule has 2 aromatic rings. The average molecular weight is 727 g/mol. The van der Waals surface area contributed by atoms with Gasteiger partial charge in [0.1, 0.15) is 59.3 Å². The maximum absolute atomic E-state index is 11.0. The third-order valence-corrected chi connectivity index (χ3v) is 9.78. The summed E-state index contributed by atoms with van der Waals surface area (Å²) < 4.78 is 34.2. The first-order valence-electron chi connectivity index (χ1n) is 17.1. The van der Waals surface area contributed by atoms with Crippen molar-refractivity contribution in [2.75, 3.05) is 33.0 Å². The van der Waals surface area contributed by atoms with E-state index in [9.17, 15) is 51.1 Å². The summed E-state index contributed by atoms with van der Waals surface area (Å²) in [4.78, 5) is 0. The number of aryl methyl sites for hydroxylation is 2. The summed E-state index contributed by atoms with van der Waals surface area (Å²) >= 11 is 0. The molecule has 10 N–H and O–H groups in total. The van der Waals surface area contributed by atoms with E-state index in [1.165, 1.54) is 0 Å². The maximum atomic E-state index is 11.0. The Morgan fingerprint density at radius 3 is 1.92 bits per heavy atom. The van der Waals surface area contributed by atoms with Gasteiger partial charge in [-0.25, -0.2) is 0 Å². The maximum Gasteiger partial charge on any atom is 0.187 e. The minimum absolute atomic E-state index is 0.142. The van der Waals surface area contributed by atoms with Gasteiger partial charge in [0.25, 0.3) is 0 Å². The summed E-state index contributed by atoms with van der Waals surface area (Å²) in [5.41, 5.74) is -1.83. The lowest BCUT2D eigenvalue weighted by Gasteiger charge is -2.41. The highest BCUT2D eigenvalue weighted by molar-refractivity contribution is 5.26. The van der Waals surface area contributed by atoms with Crippen molar-refractivity contribution in [3.63, 3.8) is 0 Å². The van der Waals surface area contributed by atoms with Crippen molar-refractivity contribution in [3.8, 4) is 11.5 Å². The van der Waals surface area contributed by atoms with Crippen molar-refractivity contribution in [1.82, 2.24) is 0 Å². The molecule has 3 saturated heterocycles. The second kappa shape index (κ2) is 17.5. The quantitative estimate of drug-likeness (QED) is 0.0838. The van der Waals surface area contributed by atoms with Crippen molar-refractivity contribution in [2.45, 2.75) is 111 Å². The van der Waals surface area contributed by atoms with Gasteiger partial charge in [-0.15, -0.1) is 0 Å². The number of ether oxygens (including phenoxy) is 6. The standard InChI is InChI=1S/C35H50O16/c36-16-34(45)18-47-33(29(34)43)51-35(17-37)19-48-32(30(35)44)46-15-25-26(40)27(41)28(42)31(50-25)49-24(14-9-21-7-12-23(39)13-8-21)4-2-1-3-20-5-10-22(38)11-6-20/h5-8,10-13,24-33,36-45H,1-4,9,14-19H2. The average Bonchev–Trinajstić information content (AvgIpc) is 3.60. The smallest absolute Gasteiger partial charge is 0.187 e. The van der Waals surface area contributed by atoms with E-state index < -0.39 is 106 Å². The Labute approximate surface area is 294 Å². The van der Waals surface area contributed by atoms with Crippen LogP contribution in [0.3, 0.4) is 0 Å². The highest BCUT2D eigenvalue weighted by atomic mass is 16.8. The van der Waals surface area contributed by atoms with Gasteiger partial charge in [0.05, 0.1) is 39.1 Å². The van der Waals surface area contributed by atoms with Crippen molar-refractivity contribution in [2.24, 2.45) is 0 Å². The number of aliphatic hydroxyl groups is 8. The van der Waals surface area contributed by atoms with Gasteiger partial charge in [0, 0.05) is 0 Å². The summed E-state index contributed by atoms with van der Waals surface area (Å²) in [5.74, 6) is 0.333. The topological polar surface area (TPSA) is 258 Å². The molecule has 16 nitrogen and oxygen atoms in total. The SMILES string of the molecule is OCC1(O)COC(OC2(CO)COC(OCC3OC(OC(CCCCc4ccc(O)cc4)CCc4ccc(O)cc4)C(O)C(O)C3O)C2O)C1O. The molecule has 0 radical (unpaired) electrons. The van der Waals surface area contributed by atoms with E-state index in [1.807, 2.05) is 12.1 Å². The first-order valence-corrected chi connectivity index (χ1v) is 17.1. The molecule has 5 rings (SSSR count). The number of aliphatic hydroxyl groups excluding tert-OH is 7. The Morgan fingerprint density at radius 1 is 0.686 bits per heavy atom. The molecule has 0 bridgehead atoms. The first-order chi connectivity index (χ1) is 24.4. The van der Waals surface area contributed by atoms with Crippen molar-refractivity contribution in [3.05, 3.63) is 59.7 Å². The molecule has 286 valence electrons. The summed E-state index contributed by atoms with van der Waals surface area (Å²) in [7, 11) is 0. The molecule has 3 aliphatic heterocycles. The molecular weight excluding hydrogens is 676 g/mol. The number of benzene rings is 2. The fraction of sp³-hybridized carbons (Fsp3) is 0.657. The fourth-order valence-corrected chi connectivity index (χ4v) is 6.37. The second-order valence-corrected chi connectivity index (χ2v) is 13.6. The van der Waals surface area contributed by atoms with Crippen LogP contribution in [-0.2, 0) is 41.3 Å². The number of phenolic OH excluding ortho intramolecular Hbond substituents is 2. The van der Waals surface area contributed by atoms with Crippen LogP contribution in [0.5, 0.6) is 11.5 Å². The predicted octanol–water partition coefficient (Wildman–Crippen LogP) is -1.44. The lowest BCUT2D eigenvalue weighted by Crippen LogP contribution is -2.60. The molecule has 0 aliphatic carbocycles. The molecule has 0 saturated carbocycles. The van der Waals surface area contributed by atoms with Gasteiger partial charge in [-0.2, -0.15) is 0 Å². The van der Waals surface area contributed by atoms with E-state index >= 15 is 0 Å². The zero-order valence-corrected chi connectivity index (χ0v) is 28.1. The zero-order chi connectivity index (χ0) is 36.8. The highest BCUT2D eigenvalue weighted by Crippen LogP contribution is 2.36. The van der Waals surface area contributed by atoms with Crippen molar-refractivity contribution < 1.29 is 79.5 Å². The molecular formula is C35H50O16. The van der Waals surface area contributed by atoms with E-state index in [2.05, 4.69) is 0 Å². The van der Waals surface area contributed by atoms with Crippen molar-refractivity contribution in [1.29, 1.82) is 0 Å². The van der Waals surface area contributed by atoms with E-state index in [4.69, 9.17) is 28.4 Å². The molecule has 0 spiro atoms. The van der Waals surface area contributed by atoms with E-state index in [0.717, 1.165) is 30.4 Å². The summed E-state index contributed by atoms with van der Waals surface area (Å²) in [6, 6.07) is 13.7. The third kappa shape index (κ3) is 9.54. The summed E-state index contributed by atoms with van der Waals surface area (Å²) in [5, 5.41) is 103. The highest BCUT2D eigenvalue weighted by Gasteiger charge is 2.57. The molecule has 12 atom stereocenters. The van der Waals surface area contributed by atoms with Crippen LogP contribution >= 0.6 is 0 Å². The summed E-state index contributed by atoms with van der Waals surface area (Å²) in [6.45, 7) is -2.96. The van der Waals surface area contributed by atoms with Gasteiger partial charge in [0.2, 0.25) is 0 Å². The Bertz CT molecular complexity index is 1350. The van der Waals surface area contributed by atoms with Crippen LogP contribution in [0.4, 0.5) is 0 Å². The molecule has 3 heterocycles. The molecule has 12 unspecified atom stereocenters. The first kappa shape index (κ1) is 39.7. The number of aromatic hydroxyl groups is 2. The van der Waals surface area contributed by atoms with Crippen molar-refractivity contribution >= 4 is 0 Å². The van der Waals surface area contributed by atoms with Gasteiger partial charge in [-0.1, -0.05) is 30.7 Å². The molecule has 0 amide bonds. The van der Waals surface area contributed by atoms with Crippen LogP contribution in [0.15, 0.2) is 48.5 Å². The van der Waals surface area contributed by atoms with Gasteiger partial charge in [-0.3, -0.25) is 0 Å². The van der Waals surface area contributed by atoms with Crippen LogP contribution in [0.25, 0.3) is 0 Å². The molecule has 51 heavy (non-hydrogen) atoms. The van der Waals surface area contributed by atoms with Crippen LogP contribution in [-0.4, -0.2) is 157 Å².